The van der Waals surface area contributed by atoms with Gasteiger partial charge in [0, 0.05) is 6.92 Å². The molecule has 0 aliphatic carbocycles. The number of rotatable bonds is 7. The first-order chi connectivity index (χ1) is 6.70. The van der Waals surface area contributed by atoms with Crippen LogP contribution in [0, 0.1) is 0 Å². The van der Waals surface area contributed by atoms with Crippen molar-refractivity contribution in [1.82, 2.24) is 0 Å². The van der Waals surface area contributed by atoms with Gasteiger partial charge in [-0.05, 0) is 25.7 Å². The van der Waals surface area contributed by atoms with Gasteiger partial charge in [0.15, 0.2) is 0 Å². The van der Waals surface area contributed by atoms with E-state index in [1.165, 1.54) is 13.3 Å². The Kier molecular flexibility index (Phi) is 8.30. The first kappa shape index (κ1) is 13.2. The molecule has 0 heterocycles. The Hall–Kier alpha value is -0.790. The van der Waals surface area contributed by atoms with Crippen molar-refractivity contribution < 1.29 is 9.53 Å². The van der Waals surface area contributed by atoms with Crippen LogP contribution in [0.5, 0.6) is 0 Å². The van der Waals surface area contributed by atoms with Gasteiger partial charge in [-0.15, -0.1) is 0 Å². The second-order valence-corrected chi connectivity index (χ2v) is 3.48. The summed E-state index contributed by atoms with van der Waals surface area (Å²) >= 11 is 0. The number of carbonyl (C=O) groups is 1. The minimum absolute atomic E-state index is 0.0961. The van der Waals surface area contributed by atoms with Crippen molar-refractivity contribution in [2.24, 2.45) is 0 Å². The van der Waals surface area contributed by atoms with Crippen molar-refractivity contribution in [3.8, 4) is 0 Å². The van der Waals surface area contributed by atoms with Crippen LogP contribution in [-0.4, -0.2) is 12.1 Å². The third-order valence-electron chi connectivity index (χ3n) is 2.07. The molecule has 2 nitrogen and oxygen atoms in total. The molecule has 0 saturated heterocycles. The minimum Gasteiger partial charge on any atom is -0.463 e. The Bertz CT molecular complexity index is 173. The van der Waals surface area contributed by atoms with Crippen LogP contribution in [0.2, 0.25) is 0 Å². The normalized spacial score (nSPS) is 13.1. The second-order valence-electron chi connectivity index (χ2n) is 3.48. The van der Waals surface area contributed by atoms with Crippen molar-refractivity contribution in [2.75, 3.05) is 0 Å². The zero-order chi connectivity index (χ0) is 10.8. The van der Waals surface area contributed by atoms with E-state index in [0.717, 1.165) is 25.7 Å². The molecule has 0 aromatic rings. The van der Waals surface area contributed by atoms with Gasteiger partial charge in [0.2, 0.25) is 0 Å². The van der Waals surface area contributed by atoms with Gasteiger partial charge >= 0.3 is 5.97 Å². The molecule has 82 valence electrons. The number of esters is 1. The summed E-state index contributed by atoms with van der Waals surface area (Å²) in [7, 11) is 0. The van der Waals surface area contributed by atoms with Crippen LogP contribution in [0.1, 0.15) is 52.9 Å². The number of allylic oxidation sites excluding steroid dienone is 2. The molecule has 0 bridgehead atoms. The van der Waals surface area contributed by atoms with Crippen molar-refractivity contribution >= 4 is 5.97 Å². The summed E-state index contributed by atoms with van der Waals surface area (Å²) in [6.07, 6.45) is 9.65. The summed E-state index contributed by atoms with van der Waals surface area (Å²) in [5, 5.41) is 0. The fourth-order valence-corrected chi connectivity index (χ4v) is 1.27. The van der Waals surface area contributed by atoms with Crippen LogP contribution < -0.4 is 0 Å². The third kappa shape index (κ3) is 7.84. The quantitative estimate of drug-likeness (QED) is 0.462. The van der Waals surface area contributed by atoms with Gasteiger partial charge in [0.05, 0.1) is 0 Å². The molecule has 2 heteroatoms. The lowest BCUT2D eigenvalue weighted by Crippen LogP contribution is -2.14. The first-order valence-electron chi connectivity index (χ1n) is 5.52. The van der Waals surface area contributed by atoms with Gasteiger partial charge < -0.3 is 4.74 Å². The zero-order valence-electron chi connectivity index (χ0n) is 9.58. The maximum absolute atomic E-state index is 10.7. The van der Waals surface area contributed by atoms with E-state index in [-0.39, 0.29) is 12.1 Å². The lowest BCUT2D eigenvalue weighted by atomic mass is 10.1. The van der Waals surface area contributed by atoms with Crippen LogP contribution in [-0.2, 0) is 9.53 Å². The Morgan fingerprint density at radius 1 is 1.29 bits per heavy atom. The fraction of sp³-hybridized carbons (Fsp3) is 0.750. The predicted molar refractivity (Wildman–Crippen MR) is 59.1 cm³/mol. The van der Waals surface area contributed by atoms with E-state index in [1.807, 2.05) is 6.92 Å². The summed E-state index contributed by atoms with van der Waals surface area (Å²) in [6, 6.07) is 0. The summed E-state index contributed by atoms with van der Waals surface area (Å²) in [5.74, 6) is -0.172. The maximum atomic E-state index is 10.7. The molecule has 0 aliphatic rings. The lowest BCUT2D eigenvalue weighted by Gasteiger charge is -2.13. The molecule has 0 rings (SSSR count). The molecule has 0 fully saturated rings. The van der Waals surface area contributed by atoms with Crippen LogP contribution >= 0.6 is 0 Å². The van der Waals surface area contributed by atoms with Crippen molar-refractivity contribution in [1.29, 1.82) is 0 Å². The molecule has 0 aliphatic heterocycles. The monoisotopic (exact) mass is 198 g/mol. The van der Waals surface area contributed by atoms with E-state index >= 15 is 0 Å². The van der Waals surface area contributed by atoms with Crippen LogP contribution in [0.3, 0.4) is 0 Å². The van der Waals surface area contributed by atoms with Crippen LogP contribution in [0.15, 0.2) is 12.2 Å². The summed E-state index contributed by atoms with van der Waals surface area (Å²) in [5.41, 5.74) is 0. The van der Waals surface area contributed by atoms with Gasteiger partial charge in [-0.25, -0.2) is 0 Å². The Morgan fingerprint density at radius 2 is 1.93 bits per heavy atom. The van der Waals surface area contributed by atoms with Crippen molar-refractivity contribution in [3.05, 3.63) is 12.2 Å². The third-order valence-corrected chi connectivity index (χ3v) is 2.07. The second kappa shape index (κ2) is 8.79. The zero-order valence-corrected chi connectivity index (χ0v) is 9.58. The van der Waals surface area contributed by atoms with E-state index in [9.17, 15) is 4.79 Å². The summed E-state index contributed by atoms with van der Waals surface area (Å²) in [6.45, 7) is 5.68. The molecule has 0 amide bonds. The smallest absolute Gasteiger partial charge is 0.302 e. The SMILES string of the molecule is CCC/C=C/CCC(CC)OC(C)=O. The molecule has 0 saturated carbocycles. The Labute approximate surface area is 87.3 Å². The molecule has 0 aromatic carbocycles. The standard InChI is InChI=1S/C12H22O2/c1-4-6-7-8-9-10-12(5-2)14-11(3)13/h7-8,12H,4-6,9-10H2,1-3H3/b8-7+. The fourth-order valence-electron chi connectivity index (χ4n) is 1.27. The first-order valence-corrected chi connectivity index (χ1v) is 5.52. The molecule has 1 atom stereocenters. The van der Waals surface area contributed by atoms with Crippen LogP contribution in [0.25, 0.3) is 0 Å². The van der Waals surface area contributed by atoms with Crippen molar-refractivity contribution in [3.63, 3.8) is 0 Å². The highest BCUT2D eigenvalue weighted by Gasteiger charge is 2.07. The van der Waals surface area contributed by atoms with Crippen LogP contribution in [0.4, 0.5) is 0 Å². The number of hydrogen-bond acceptors (Lipinski definition) is 2. The van der Waals surface area contributed by atoms with Gasteiger partial charge in [0.25, 0.3) is 0 Å². The molecule has 0 spiro atoms. The van der Waals surface area contributed by atoms with Crippen molar-refractivity contribution in [2.45, 2.75) is 59.0 Å². The number of hydrogen-bond donors (Lipinski definition) is 0. The predicted octanol–water partition coefficient (Wildman–Crippen LogP) is 3.46. The summed E-state index contributed by atoms with van der Waals surface area (Å²) in [4.78, 5) is 10.7. The minimum atomic E-state index is -0.172. The molecule has 0 N–H and O–H groups in total. The van der Waals surface area contributed by atoms with Gasteiger partial charge in [-0.2, -0.15) is 0 Å². The van der Waals surface area contributed by atoms with E-state index < -0.39 is 0 Å². The molecule has 0 radical (unpaired) electrons. The average molecular weight is 198 g/mol. The molecular formula is C12H22O2. The molecule has 14 heavy (non-hydrogen) atoms. The van der Waals surface area contributed by atoms with E-state index in [4.69, 9.17) is 4.74 Å². The highest BCUT2D eigenvalue weighted by Crippen LogP contribution is 2.07. The lowest BCUT2D eigenvalue weighted by molar-refractivity contribution is -0.146. The van der Waals surface area contributed by atoms with Gasteiger partial charge in [-0.1, -0.05) is 32.4 Å². The number of unbranched alkanes of at least 4 members (excludes halogenated alkanes) is 1. The van der Waals surface area contributed by atoms with E-state index in [1.54, 1.807) is 0 Å². The maximum Gasteiger partial charge on any atom is 0.302 e. The molecular weight excluding hydrogens is 176 g/mol. The Morgan fingerprint density at radius 3 is 2.43 bits per heavy atom. The molecule has 1 unspecified atom stereocenters. The van der Waals surface area contributed by atoms with Gasteiger partial charge in [-0.3, -0.25) is 4.79 Å². The number of carbonyl (C=O) groups excluding carboxylic acids is 1. The van der Waals surface area contributed by atoms with E-state index in [0.29, 0.717) is 0 Å². The average Bonchev–Trinajstić information content (AvgIpc) is 2.15. The van der Waals surface area contributed by atoms with E-state index in [2.05, 4.69) is 19.1 Å². The summed E-state index contributed by atoms with van der Waals surface area (Å²) < 4.78 is 5.13. The largest absolute Gasteiger partial charge is 0.463 e. The number of ether oxygens (including phenoxy) is 1. The Balaban J connectivity index is 3.56. The highest BCUT2D eigenvalue weighted by atomic mass is 16.5. The topological polar surface area (TPSA) is 26.3 Å². The highest BCUT2D eigenvalue weighted by molar-refractivity contribution is 5.66. The van der Waals surface area contributed by atoms with Gasteiger partial charge in [0.1, 0.15) is 6.10 Å². The molecule has 0 aromatic heterocycles.